The molecule has 2 N–H and O–H groups in total. The molecule has 2 amide bonds. The second kappa shape index (κ2) is 8.51. The van der Waals surface area contributed by atoms with Crippen LogP contribution in [0.3, 0.4) is 0 Å². The Morgan fingerprint density at radius 2 is 1.73 bits per heavy atom. The molecule has 0 saturated carbocycles. The molecular formula is C18H14Cl2N4O2. The molecule has 0 aliphatic rings. The molecule has 1 heterocycles. The zero-order valence-corrected chi connectivity index (χ0v) is 15.0. The van der Waals surface area contributed by atoms with E-state index in [1.54, 1.807) is 18.2 Å². The fourth-order valence-corrected chi connectivity index (χ4v) is 2.38. The van der Waals surface area contributed by atoms with Gasteiger partial charge < -0.3 is 10.1 Å². The van der Waals surface area contributed by atoms with Crippen LogP contribution in [0.1, 0.15) is 5.56 Å². The number of aromatic nitrogens is 2. The first-order chi connectivity index (χ1) is 12.6. The van der Waals surface area contributed by atoms with Gasteiger partial charge in [-0.15, -0.1) is 0 Å². The van der Waals surface area contributed by atoms with Crippen LogP contribution in [0, 0.1) is 0 Å². The number of halogens is 2. The number of rotatable bonds is 5. The topological polar surface area (TPSA) is 76.1 Å². The molecule has 1 aromatic heterocycles. The number of nitrogens with zero attached hydrogens (tertiary/aromatic N) is 2. The van der Waals surface area contributed by atoms with Crippen LogP contribution in [0.25, 0.3) is 0 Å². The van der Waals surface area contributed by atoms with Crippen molar-refractivity contribution >= 4 is 40.7 Å². The highest BCUT2D eigenvalue weighted by atomic mass is 35.5. The summed E-state index contributed by atoms with van der Waals surface area (Å²) in [5, 5.41) is 6.00. The molecule has 0 radical (unpaired) electrons. The van der Waals surface area contributed by atoms with Gasteiger partial charge >= 0.3 is 6.03 Å². The average molecular weight is 389 g/mol. The van der Waals surface area contributed by atoms with Gasteiger partial charge in [0.1, 0.15) is 6.61 Å². The second-order valence-corrected chi connectivity index (χ2v) is 6.01. The van der Waals surface area contributed by atoms with Crippen LogP contribution in [-0.2, 0) is 6.61 Å². The van der Waals surface area contributed by atoms with Crippen molar-refractivity contribution < 1.29 is 9.53 Å². The number of carbonyl (C=O) groups is 1. The third-order valence-corrected chi connectivity index (χ3v) is 4.03. The Morgan fingerprint density at radius 3 is 2.50 bits per heavy atom. The molecule has 6 nitrogen and oxygen atoms in total. The van der Waals surface area contributed by atoms with Crippen LogP contribution in [0.2, 0.25) is 10.0 Å². The van der Waals surface area contributed by atoms with Gasteiger partial charge in [0, 0.05) is 18.1 Å². The Morgan fingerprint density at radius 1 is 0.962 bits per heavy atom. The normalized spacial score (nSPS) is 10.2. The quantitative estimate of drug-likeness (QED) is 0.644. The molecule has 0 aliphatic carbocycles. The maximum absolute atomic E-state index is 12.2. The van der Waals surface area contributed by atoms with Gasteiger partial charge in [0.2, 0.25) is 0 Å². The van der Waals surface area contributed by atoms with Gasteiger partial charge in [-0.25, -0.2) is 14.8 Å². The summed E-state index contributed by atoms with van der Waals surface area (Å²) in [6.45, 7) is 0.308. The molecule has 0 unspecified atom stereocenters. The number of hydrogen-bond acceptors (Lipinski definition) is 4. The lowest BCUT2D eigenvalue weighted by Gasteiger charge is -2.11. The summed E-state index contributed by atoms with van der Waals surface area (Å²) < 4.78 is 5.65. The number of benzene rings is 2. The number of carbonyl (C=O) groups excluding carboxylic acids is 1. The van der Waals surface area contributed by atoms with Crippen molar-refractivity contribution in [2.45, 2.75) is 6.61 Å². The maximum Gasteiger partial charge on any atom is 0.324 e. The molecule has 2 aromatic carbocycles. The van der Waals surface area contributed by atoms with Gasteiger partial charge in [-0.05, 0) is 23.8 Å². The lowest BCUT2D eigenvalue weighted by Crippen LogP contribution is -2.21. The zero-order valence-electron chi connectivity index (χ0n) is 13.4. The monoisotopic (exact) mass is 388 g/mol. The highest BCUT2D eigenvalue weighted by molar-refractivity contribution is 6.42. The first kappa shape index (κ1) is 18.0. The fourth-order valence-electron chi connectivity index (χ4n) is 2.09. The molecule has 0 aliphatic heterocycles. The maximum atomic E-state index is 12.2. The van der Waals surface area contributed by atoms with Gasteiger partial charge in [0.05, 0.1) is 10.0 Å². The lowest BCUT2D eigenvalue weighted by molar-refractivity contribution is 0.261. The van der Waals surface area contributed by atoms with Crippen LogP contribution >= 0.6 is 23.2 Å². The van der Waals surface area contributed by atoms with Crippen LogP contribution in [0.15, 0.2) is 60.9 Å². The molecule has 0 saturated heterocycles. The summed E-state index contributed by atoms with van der Waals surface area (Å²) in [6, 6.07) is 13.9. The third kappa shape index (κ3) is 4.84. The summed E-state index contributed by atoms with van der Waals surface area (Å²) in [5.41, 5.74) is 1.47. The van der Waals surface area contributed by atoms with E-state index in [1.807, 2.05) is 30.3 Å². The van der Waals surface area contributed by atoms with Gasteiger partial charge in [0.15, 0.2) is 5.82 Å². The standard InChI is InChI=1S/C18H14Cl2N4O2/c19-14-7-6-13(10-15(14)20)23-18(25)24-16-17(22-9-8-21-16)26-11-12-4-2-1-3-5-12/h1-10H,11H2,(H2,21,23,24,25). The van der Waals surface area contributed by atoms with E-state index in [4.69, 9.17) is 27.9 Å². The van der Waals surface area contributed by atoms with E-state index in [0.29, 0.717) is 22.3 Å². The molecule has 0 spiro atoms. The van der Waals surface area contributed by atoms with Crippen LogP contribution < -0.4 is 15.4 Å². The smallest absolute Gasteiger partial charge is 0.324 e. The molecule has 26 heavy (non-hydrogen) atoms. The van der Waals surface area contributed by atoms with Gasteiger partial charge in [-0.1, -0.05) is 53.5 Å². The average Bonchev–Trinajstić information content (AvgIpc) is 2.65. The first-order valence-corrected chi connectivity index (χ1v) is 8.38. The molecule has 3 aromatic rings. The third-order valence-electron chi connectivity index (χ3n) is 3.29. The molecule has 3 rings (SSSR count). The van der Waals surface area contributed by atoms with Crippen LogP contribution in [0.5, 0.6) is 5.88 Å². The molecule has 0 atom stereocenters. The Kier molecular flexibility index (Phi) is 5.88. The molecular weight excluding hydrogens is 375 g/mol. The highest BCUT2D eigenvalue weighted by Crippen LogP contribution is 2.25. The highest BCUT2D eigenvalue weighted by Gasteiger charge is 2.11. The van der Waals surface area contributed by atoms with Crippen LogP contribution in [-0.4, -0.2) is 16.0 Å². The summed E-state index contributed by atoms with van der Waals surface area (Å²) >= 11 is 11.8. The predicted molar refractivity (Wildman–Crippen MR) is 102 cm³/mol. The molecule has 0 fully saturated rings. The van der Waals surface area contributed by atoms with E-state index in [9.17, 15) is 4.79 Å². The van der Waals surface area contributed by atoms with Crippen molar-refractivity contribution in [3.8, 4) is 5.88 Å². The van der Waals surface area contributed by atoms with E-state index < -0.39 is 6.03 Å². The second-order valence-electron chi connectivity index (χ2n) is 5.19. The van der Waals surface area contributed by atoms with Crippen molar-refractivity contribution in [3.05, 3.63) is 76.5 Å². The molecule has 8 heteroatoms. The van der Waals surface area contributed by atoms with Gasteiger partial charge in [-0.3, -0.25) is 5.32 Å². The Labute approximate surface area is 160 Å². The number of amides is 2. The first-order valence-electron chi connectivity index (χ1n) is 7.62. The van der Waals surface area contributed by atoms with E-state index >= 15 is 0 Å². The Balaban J connectivity index is 1.65. The fraction of sp³-hybridized carbons (Fsp3) is 0.0556. The van der Waals surface area contributed by atoms with Gasteiger partial charge in [-0.2, -0.15) is 0 Å². The van der Waals surface area contributed by atoms with E-state index in [-0.39, 0.29) is 11.7 Å². The lowest BCUT2D eigenvalue weighted by atomic mass is 10.2. The van der Waals surface area contributed by atoms with E-state index in [2.05, 4.69) is 20.6 Å². The largest absolute Gasteiger partial charge is 0.470 e. The minimum Gasteiger partial charge on any atom is -0.470 e. The number of nitrogens with one attached hydrogen (secondary N) is 2. The number of urea groups is 1. The number of hydrogen-bond donors (Lipinski definition) is 2. The number of anilines is 2. The molecule has 132 valence electrons. The van der Waals surface area contributed by atoms with E-state index in [1.165, 1.54) is 12.4 Å². The van der Waals surface area contributed by atoms with Crippen molar-refractivity contribution in [1.82, 2.24) is 9.97 Å². The number of ether oxygens (including phenoxy) is 1. The van der Waals surface area contributed by atoms with Crippen molar-refractivity contribution in [1.29, 1.82) is 0 Å². The Bertz CT molecular complexity index is 907. The minimum absolute atomic E-state index is 0.209. The summed E-state index contributed by atoms with van der Waals surface area (Å²) in [4.78, 5) is 20.4. The SMILES string of the molecule is O=C(Nc1ccc(Cl)c(Cl)c1)Nc1nccnc1OCc1ccccc1. The summed E-state index contributed by atoms with van der Waals surface area (Å²) in [6.07, 6.45) is 2.95. The zero-order chi connectivity index (χ0) is 18.4. The van der Waals surface area contributed by atoms with Crippen molar-refractivity contribution in [3.63, 3.8) is 0 Å². The van der Waals surface area contributed by atoms with Crippen molar-refractivity contribution in [2.75, 3.05) is 10.6 Å². The minimum atomic E-state index is -0.506. The summed E-state index contributed by atoms with van der Waals surface area (Å²) in [5.74, 6) is 0.432. The molecule has 0 bridgehead atoms. The van der Waals surface area contributed by atoms with E-state index in [0.717, 1.165) is 5.56 Å². The van der Waals surface area contributed by atoms with Crippen LogP contribution in [0.4, 0.5) is 16.3 Å². The predicted octanol–water partition coefficient (Wildman–Crippen LogP) is 5.01. The summed E-state index contributed by atoms with van der Waals surface area (Å²) in [7, 11) is 0. The van der Waals surface area contributed by atoms with Crippen molar-refractivity contribution in [2.24, 2.45) is 0 Å². The van der Waals surface area contributed by atoms with Gasteiger partial charge in [0.25, 0.3) is 5.88 Å². The Hall–Kier alpha value is -2.83.